The minimum Gasteiger partial charge on any atom is -0.349 e. The van der Waals surface area contributed by atoms with E-state index in [1.165, 1.54) is 19.3 Å². The zero-order valence-electron chi connectivity index (χ0n) is 11.8. The van der Waals surface area contributed by atoms with Crippen molar-refractivity contribution < 1.29 is 9.59 Å². The zero-order valence-corrected chi connectivity index (χ0v) is 11.8. The minimum absolute atomic E-state index is 0.0101. The van der Waals surface area contributed by atoms with Crippen LogP contribution in [-0.2, 0) is 11.2 Å². The fourth-order valence-corrected chi connectivity index (χ4v) is 5.11. The topological polar surface area (TPSA) is 58.2 Å². The lowest BCUT2D eigenvalue weighted by atomic mass is 10.0. The van der Waals surface area contributed by atoms with Crippen LogP contribution in [0, 0.1) is 23.7 Å². The van der Waals surface area contributed by atoms with Gasteiger partial charge in [0.2, 0.25) is 5.91 Å². The number of hydrogen-bond acceptors (Lipinski definition) is 2. The maximum absolute atomic E-state index is 12.4. The zero-order chi connectivity index (χ0) is 14.1. The third-order valence-corrected chi connectivity index (χ3v) is 6.03. The second kappa shape index (κ2) is 3.87. The number of fused-ring (bicyclic) bond motifs is 6. The highest BCUT2D eigenvalue weighted by Crippen LogP contribution is 2.65. The first-order chi connectivity index (χ1) is 10.2. The summed E-state index contributed by atoms with van der Waals surface area (Å²) in [7, 11) is 0. The predicted octanol–water partition coefficient (Wildman–Crippen LogP) is 1.96. The van der Waals surface area contributed by atoms with E-state index in [9.17, 15) is 9.59 Å². The van der Waals surface area contributed by atoms with Gasteiger partial charge in [0, 0.05) is 17.3 Å². The van der Waals surface area contributed by atoms with E-state index in [-0.39, 0.29) is 11.8 Å². The van der Waals surface area contributed by atoms with Crippen LogP contribution < -0.4 is 10.6 Å². The van der Waals surface area contributed by atoms with Crippen molar-refractivity contribution >= 4 is 17.5 Å². The van der Waals surface area contributed by atoms with Crippen LogP contribution >= 0.6 is 0 Å². The van der Waals surface area contributed by atoms with E-state index in [1.807, 2.05) is 18.2 Å². The van der Waals surface area contributed by atoms with Gasteiger partial charge in [-0.3, -0.25) is 9.59 Å². The number of hydrogen-bond donors (Lipinski definition) is 2. The van der Waals surface area contributed by atoms with Gasteiger partial charge in [0.25, 0.3) is 5.91 Å². The molecule has 1 heterocycles. The third-order valence-electron chi connectivity index (χ3n) is 6.03. The molecule has 108 valence electrons. The summed E-state index contributed by atoms with van der Waals surface area (Å²) in [6.07, 6.45) is 4.55. The fourth-order valence-electron chi connectivity index (χ4n) is 5.11. The molecule has 1 aliphatic heterocycles. The maximum Gasteiger partial charge on any atom is 0.251 e. The summed E-state index contributed by atoms with van der Waals surface area (Å²) in [5.74, 6) is 3.26. The maximum atomic E-state index is 12.4. The second-order valence-corrected chi connectivity index (χ2v) is 7.08. The molecule has 4 heteroatoms. The van der Waals surface area contributed by atoms with Crippen molar-refractivity contribution in [2.75, 3.05) is 5.32 Å². The Morgan fingerprint density at radius 1 is 1.19 bits per heavy atom. The molecule has 4 atom stereocenters. The molecule has 3 saturated carbocycles. The van der Waals surface area contributed by atoms with Crippen LogP contribution in [0.3, 0.4) is 0 Å². The Hall–Kier alpha value is -1.84. The predicted molar refractivity (Wildman–Crippen MR) is 77.8 cm³/mol. The number of anilines is 1. The standard InChI is InChI=1S/C17H18N2O2/c20-13-7-8-1-4-11(6-12(8)18-13)17(21)19-16-14-9-2-3-10(5-9)15(14)16/h1,4,6,9-10,14-16H,2-3,5,7H2,(H,18,20)(H,19,21). The van der Waals surface area contributed by atoms with E-state index in [2.05, 4.69) is 10.6 Å². The van der Waals surface area contributed by atoms with Gasteiger partial charge in [-0.2, -0.15) is 0 Å². The lowest BCUT2D eigenvalue weighted by molar-refractivity contribution is -0.115. The number of nitrogens with one attached hydrogen (secondary N) is 2. The molecule has 1 aromatic rings. The van der Waals surface area contributed by atoms with E-state index in [0.29, 0.717) is 18.0 Å². The Morgan fingerprint density at radius 2 is 1.95 bits per heavy atom. The van der Waals surface area contributed by atoms with Gasteiger partial charge < -0.3 is 10.6 Å². The van der Waals surface area contributed by atoms with E-state index in [4.69, 9.17) is 0 Å². The summed E-state index contributed by atoms with van der Waals surface area (Å²) in [6.45, 7) is 0. The van der Waals surface area contributed by atoms with Crippen LogP contribution in [0.5, 0.6) is 0 Å². The van der Waals surface area contributed by atoms with Crippen molar-refractivity contribution in [3.05, 3.63) is 29.3 Å². The van der Waals surface area contributed by atoms with Crippen molar-refractivity contribution in [1.29, 1.82) is 0 Å². The summed E-state index contributed by atoms with van der Waals surface area (Å²) in [6, 6.07) is 5.94. The smallest absolute Gasteiger partial charge is 0.251 e. The highest BCUT2D eigenvalue weighted by Gasteiger charge is 2.65. The number of amides is 2. The average Bonchev–Trinajstić information content (AvgIpc) is 2.85. The van der Waals surface area contributed by atoms with Gasteiger partial charge in [0.05, 0.1) is 6.42 Å². The molecule has 0 radical (unpaired) electrons. The molecule has 1 aromatic carbocycles. The SMILES string of the molecule is O=C1Cc2ccc(C(=O)NC3C4C5CCC(C5)C34)cc2N1. The highest BCUT2D eigenvalue weighted by molar-refractivity contribution is 6.02. The average molecular weight is 282 g/mol. The summed E-state index contributed by atoms with van der Waals surface area (Å²) in [5, 5.41) is 6.03. The first-order valence-corrected chi connectivity index (χ1v) is 7.94. The molecule has 2 bridgehead atoms. The molecule has 0 aromatic heterocycles. The van der Waals surface area contributed by atoms with Crippen molar-refractivity contribution in [2.24, 2.45) is 23.7 Å². The molecule has 4 unspecified atom stereocenters. The van der Waals surface area contributed by atoms with E-state index >= 15 is 0 Å². The Labute approximate surface area is 123 Å². The van der Waals surface area contributed by atoms with Crippen LogP contribution in [0.1, 0.15) is 35.2 Å². The Bertz CT molecular complexity index is 653. The van der Waals surface area contributed by atoms with Gasteiger partial charge in [-0.25, -0.2) is 0 Å². The molecule has 0 spiro atoms. The largest absolute Gasteiger partial charge is 0.349 e. The van der Waals surface area contributed by atoms with Crippen LogP contribution in [-0.4, -0.2) is 17.9 Å². The number of rotatable bonds is 2. The lowest BCUT2D eigenvalue weighted by Crippen LogP contribution is -2.29. The molecule has 3 aliphatic carbocycles. The van der Waals surface area contributed by atoms with Gasteiger partial charge >= 0.3 is 0 Å². The number of benzene rings is 1. The Balaban J connectivity index is 1.32. The van der Waals surface area contributed by atoms with Crippen LogP contribution in [0.15, 0.2) is 18.2 Å². The van der Waals surface area contributed by atoms with Crippen LogP contribution in [0.25, 0.3) is 0 Å². The van der Waals surface area contributed by atoms with E-state index in [1.54, 1.807) is 0 Å². The number of carbonyl (C=O) groups excluding carboxylic acids is 2. The van der Waals surface area contributed by atoms with Gasteiger partial charge in [-0.1, -0.05) is 6.07 Å². The molecule has 2 amide bonds. The first kappa shape index (κ1) is 11.8. The molecule has 21 heavy (non-hydrogen) atoms. The van der Waals surface area contributed by atoms with Crippen LogP contribution in [0.2, 0.25) is 0 Å². The normalized spacial score (nSPS) is 37.9. The summed E-state index contributed by atoms with van der Waals surface area (Å²) in [4.78, 5) is 23.8. The second-order valence-electron chi connectivity index (χ2n) is 7.08. The Kier molecular flexibility index (Phi) is 2.17. The van der Waals surface area contributed by atoms with Gasteiger partial charge in [-0.05, 0) is 60.6 Å². The van der Waals surface area contributed by atoms with Crippen molar-refractivity contribution in [3.8, 4) is 0 Å². The fraction of sp³-hybridized carbons (Fsp3) is 0.529. The molecule has 4 aliphatic rings. The van der Waals surface area contributed by atoms with Gasteiger partial charge in [0.1, 0.15) is 0 Å². The van der Waals surface area contributed by atoms with Crippen LogP contribution in [0.4, 0.5) is 5.69 Å². The molecule has 3 fully saturated rings. The lowest BCUT2D eigenvalue weighted by Gasteiger charge is -2.11. The summed E-state index contributed by atoms with van der Waals surface area (Å²) in [5.41, 5.74) is 2.44. The summed E-state index contributed by atoms with van der Waals surface area (Å²) >= 11 is 0. The first-order valence-electron chi connectivity index (χ1n) is 7.94. The van der Waals surface area contributed by atoms with Crippen molar-refractivity contribution in [3.63, 3.8) is 0 Å². The molecule has 0 saturated heterocycles. The van der Waals surface area contributed by atoms with Gasteiger partial charge in [-0.15, -0.1) is 0 Å². The van der Waals surface area contributed by atoms with Gasteiger partial charge in [0.15, 0.2) is 0 Å². The molecule has 4 nitrogen and oxygen atoms in total. The Morgan fingerprint density at radius 3 is 2.71 bits per heavy atom. The molecule has 5 rings (SSSR count). The minimum atomic E-state index is 0.0101. The highest BCUT2D eigenvalue weighted by atomic mass is 16.2. The quantitative estimate of drug-likeness (QED) is 0.871. The van der Waals surface area contributed by atoms with E-state index < -0.39 is 0 Å². The summed E-state index contributed by atoms with van der Waals surface area (Å²) < 4.78 is 0. The number of carbonyl (C=O) groups is 2. The molecule has 2 N–H and O–H groups in total. The molecular formula is C17H18N2O2. The molecular weight excluding hydrogens is 264 g/mol. The third kappa shape index (κ3) is 1.62. The van der Waals surface area contributed by atoms with Crippen molar-refractivity contribution in [1.82, 2.24) is 5.32 Å². The van der Waals surface area contributed by atoms with Crippen molar-refractivity contribution in [2.45, 2.75) is 31.7 Å². The monoisotopic (exact) mass is 282 g/mol. The van der Waals surface area contributed by atoms with E-state index in [0.717, 1.165) is 34.9 Å².